The van der Waals surface area contributed by atoms with E-state index in [4.69, 9.17) is 4.42 Å². The first-order chi connectivity index (χ1) is 12.8. The summed E-state index contributed by atoms with van der Waals surface area (Å²) in [4.78, 5) is 12.2. The lowest BCUT2D eigenvalue weighted by Crippen LogP contribution is -2.06. The number of Topliss-reactive ketones (excluding diaryl/α,β-unsaturated/α-hetero) is 1. The highest BCUT2D eigenvalue weighted by Gasteiger charge is 2.30. The van der Waals surface area contributed by atoms with Gasteiger partial charge in [0.15, 0.2) is 10.9 Å². The molecule has 0 bridgehead atoms. The van der Waals surface area contributed by atoms with Crippen LogP contribution in [0.3, 0.4) is 0 Å². The van der Waals surface area contributed by atoms with E-state index in [-0.39, 0.29) is 5.78 Å². The zero-order valence-electron chi connectivity index (χ0n) is 14.5. The number of hydrogen-bond donors (Lipinski definition) is 0. The molecule has 134 valence electrons. The third-order valence-corrected chi connectivity index (χ3v) is 5.51. The summed E-state index contributed by atoms with van der Waals surface area (Å²) in [7, 11) is 0. The number of carbonyl (C=O) groups is 1. The maximum absolute atomic E-state index is 12.2. The van der Waals surface area contributed by atoms with Crippen LogP contribution in [0.4, 0.5) is 0 Å². The number of hydrogen-bond acceptors (Lipinski definition) is 5. The SMILES string of the molecule is O=C(CCCSc1nnc(C2CC2)n1Cc1ccco1)c1ccccc1. The van der Waals surface area contributed by atoms with Gasteiger partial charge in [-0.3, -0.25) is 9.36 Å². The quantitative estimate of drug-likeness (QED) is 0.315. The number of thioether (sulfide) groups is 1. The Hall–Kier alpha value is -2.34. The molecule has 1 fully saturated rings. The summed E-state index contributed by atoms with van der Waals surface area (Å²) in [5.74, 6) is 3.55. The molecular weight excluding hydrogens is 346 g/mol. The molecule has 0 atom stereocenters. The molecule has 1 aliphatic rings. The molecule has 0 spiro atoms. The van der Waals surface area contributed by atoms with Gasteiger partial charge in [-0.05, 0) is 31.4 Å². The summed E-state index contributed by atoms with van der Waals surface area (Å²) in [5.41, 5.74) is 0.787. The van der Waals surface area contributed by atoms with Crippen molar-refractivity contribution in [1.29, 1.82) is 0 Å². The monoisotopic (exact) mass is 367 g/mol. The molecule has 1 aromatic carbocycles. The molecule has 4 rings (SSSR count). The van der Waals surface area contributed by atoms with Gasteiger partial charge in [0, 0.05) is 23.7 Å². The zero-order valence-corrected chi connectivity index (χ0v) is 15.3. The molecule has 1 aliphatic carbocycles. The zero-order chi connectivity index (χ0) is 17.8. The van der Waals surface area contributed by atoms with E-state index in [1.807, 2.05) is 42.5 Å². The highest BCUT2D eigenvalue weighted by molar-refractivity contribution is 7.99. The molecule has 0 N–H and O–H groups in total. The molecule has 2 aromatic heterocycles. The Morgan fingerprint density at radius 3 is 2.73 bits per heavy atom. The maximum Gasteiger partial charge on any atom is 0.191 e. The van der Waals surface area contributed by atoms with Crippen molar-refractivity contribution in [3.63, 3.8) is 0 Å². The van der Waals surface area contributed by atoms with Gasteiger partial charge in [0.25, 0.3) is 0 Å². The minimum Gasteiger partial charge on any atom is -0.467 e. The van der Waals surface area contributed by atoms with Crippen molar-refractivity contribution in [3.05, 3.63) is 65.9 Å². The lowest BCUT2D eigenvalue weighted by atomic mass is 10.1. The van der Waals surface area contributed by atoms with Crippen LogP contribution in [-0.2, 0) is 6.54 Å². The summed E-state index contributed by atoms with van der Waals surface area (Å²) in [5, 5.41) is 9.70. The van der Waals surface area contributed by atoms with E-state index in [9.17, 15) is 4.79 Å². The topological polar surface area (TPSA) is 60.9 Å². The van der Waals surface area contributed by atoms with Crippen LogP contribution in [0.5, 0.6) is 0 Å². The van der Waals surface area contributed by atoms with Crippen LogP contribution < -0.4 is 0 Å². The van der Waals surface area contributed by atoms with Crippen LogP contribution in [0.1, 0.15) is 53.5 Å². The molecule has 1 saturated carbocycles. The van der Waals surface area contributed by atoms with E-state index < -0.39 is 0 Å². The number of nitrogens with zero attached hydrogens (tertiary/aromatic N) is 3. The molecule has 5 nitrogen and oxygen atoms in total. The van der Waals surface area contributed by atoms with Crippen molar-refractivity contribution in [2.24, 2.45) is 0 Å². The third kappa shape index (κ3) is 4.07. The van der Waals surface area contributed by atoms with Gasteiger partial charge in [0.1, 0.15) is 11.6 Å². The average Bonchev–Trinajstić information content (AvgIpc) is 3.24. The first-order valence-electron chi connectivity index (χ1n) is 8.98. The number of carbonyl (C=O) groups excluding carboxylic acids is 1. The van der Waals surface area contributed by atoms with E-state index in [0.29, 0.717) is 18.9 Å². The summed E-state index contributed by atoms with van der Waals surface area (Å²) < 4.78 is 7.66. The fourth-order valence-electron chi connectivity index (χ4n) is 2.92. The molecule has 0 aliphatic heterocycles. The summed E-state index contributed by atoms with van der Waals surface area (Å²) >= 11 is 1.67. The lowest BCUT2D eigenvalue weighted by Gasteiger charge is -2.08. The lowest BCUT2D eigenvalue weighted by molar-refractivity contribution is 0.0982. The second-order valence-corrected chi connectivity index (χ2v) is 7.58. The Kier molecular flexibility index (Phi) is 5.20. The fraction of sp³-hybridized carbons (Fsp3) is 0.350. The second kappa shape index (κ2) is 7.91. The first kappa shape index (κ1) is 17.1. The Balaban J connectivity index is 1.35. The van der Waals surface area contributed by atoms with Crippen molar-refractivity contribution in [3.8, 4) is 0 Å². The third-order valence-electron chi connectivity index (χ3n) is 4.46. The minimum atomic E-state index is 0.196. The molecule has 0 amide bonds. The van der Waals surface area contributed by atoms with Gasteiger partial charge >= 0.3 is 0 Å². The number of rotatable bonds is 9. The number of benzene rings is 1. The predicted molar refractivity (Wildman–Crippen MR) is 101 cm³/mol. The number of ketones is 1. The molecule has 3 aromatic rings. The predicted octanol–water partition coefficient (Wildman–Crippen LogP) is 4.55. The summed E-state index contributed by atoms with van der Waals surface area (Å²) in [6, 6.07) is 13.4. The van der Waals surface area contributed by atoms with Gasteiger partial charge in [0.05, 0.1) is 12.8 Å². The van der Waals surface area contributed by atoms with Crippen LogP contribution in [-0.4, -0.2) is 26.3 Å². The minimum absolute atomic E-state index is 0.196. The smallest absolute Gasteiger partial charge is 0.191 e. The Labute approximate surface area is 156 Å². The summed E-state index contributed by atoms with van der Waals surface area (Å²) in [6.07, 6.45) is 5.45. The second-order valence-electron chi connectivity index (χ2n) is 6.52. The summed E-state index contributed by atoms with van der Waals surface area (Å²) in [6.45, 7) is 0.664. The Morgan fingerprint density at radius 2 is 2.00 bits per heavy atom. The molecule has 0 unspecified atom stereocenters. The standard InChI is InChI=1S/C20H21N3O2S/c24-18(15-6-2-1-3-7-15)9-5-13-26-20-22-21-19(16-10-11-16)23(20)14-17-8-4-12-25-17/h1-4,6-8,12,16H,5,9-11,13-14H2. The van der Waals surface area contributed by atoms with Crippen molar-refractivity contribution in [1.82, 2.24) is 14.8 Å². The van der Waals surface area contributed by atoms with Crippen molar-refractivity contribution in [2.75, 3.05) is 5.75 Å². The molecule has 2 heterocycles. The van der Waals surface area contributed by atoms with Crippen molar-refractivity contribution in [2.45, 2.75) is 43.3 Å². The van der Waals surface area contributed by atoms with E-state index in [1.165, 1.54) is 12.8 Å². The van der Waals surface area contributed by atoms with E-state index in [2.05, 4.69) is 14.8 Å². The highest BCUT2D eigenvalue weighted by atomic mass is 32.2. The number of aromatic nitrogens is 3. The van der Waals surface area contributed by atoms with Gasteiger partial charge in [0.2, 0.25) is 0 Å². The van der Waals surface area contributed by atoms with Crippen molar-refractivity contribution >= 4 is 17.5 Å². The van der Waals surface area contributed by atoms with Crippen LogP contribution in [0, 0.1) is 0 Å². The van der Waals surface area contributed by atoms with Crippen LogP contribution in [0.15, 0.2) is 58.3 Å². The molecule has 6 heteroatoms. The first-order valence-corrected chi connectivity index (χ1v) is 9.96. The highest BCUT2D eigenvalue weighted by Crippen LogP contribution is 2.40. The van der Waals surface area contributed by atoms with E-state index in [1.54, 1.807) is 18.0 Å². The van der Waals surface area contributed by atoms with Crippen LogP contribution in [0.25, 0.3) is 0 Å². The molecule has 0 saturated heterocycles. The van der Waals surface area contributed by atoms with Gasteiger partial charge in [-0.2, -0.15) is 0 Å². The van der Waals surface area contributed by atoms with E-state index in [0.717, 1.165) is 34.5 Å². The van der Waals surface area contributed by atoms with Gasteiger partial charge in [-0.15, -0.1) is 10.2 Å². The molecular formula is C20H21N3O2S. The van der Waals surface area contributed by atoms with Crippen LogP contribution >= 0.6 is 11.8 Å². The Morgan fingerprint density at radius 1 is 1.15 bits per heavy atom. The maximum atomic E-state index is 12.2. The molecule has 26 heavy (non-hydrogen) atoms. The van der Waals surface area contributed by atoms with Gasteiger partial charge in [-0.1, -0.05) is 42.1 Å². The Bertz CT molecular complexity index is 855. The van der Waals surface area contributed by atoms with Gasteiger partial charge < -0.3 is 4.42 Å². The molecule has 0 radical (unpaired) electrons. The van der Waals surface area contributed by atoms with E-state index >= 15 is 0 Å². The normalized spacial score (nSPS) is 13.8. The average molecular weight is 367 g/mol. The van der Waals surface area contributed by atoms with Crippen molar-refractivity contribution < 1.29 is 9.21 Å². The van der Waals surface area contributed by atoms with Gasteiger partial charge in [-0.25, -0.2) is 0 Å². The van der Waals surface area contributed by atoms with Crippen LogP contribution in [0.2, 0.25) is 0 Å². The fourth-order valence-corrected chi connectivity index (χ4v) is 3.81. The number of furan rings is 1. The largest absolute Gasteiger partial charge is 0.467 e.